The van der Waals surface area contributed by atoms with Crippen molar-refractivity contribution in [3.63, 3.8) is 0 Å². The highest BCUT2D eigenvalue weighted by Crippen LogP contribution is 2.28. The zero-order valence-corrected chi connectivity index (χ0v) is 13.3. The second kappa shape index (κ2) is 4.91. The Kier molecular flexibility index (Phi) is 3.03. The fourth-order valence-corrected chi connectivity index (χ4v) is 5.45. The lowest BCUT2D eigenvalue weighted by atomic mass is 10.3. The molecule has 0 aliphatic carbocycles. The Bertz CT molecular complexity index is 988. The van der Waals surface area contributed by atoms with Crippen LogP contribution in [0, 0.1) is 0 Å². The van der Waals surface area contributed by atoms with E-state index < -0.39 is 0 Å². The van der Waals surface area contributed by atoms with E-state index in [-0.39, 0.29) is 18.6 Å². The van der Waals surface area contributed by atoms with Crippen LogP contribution < -0.4 is 9.75 Å². The van der Waals surface area contributed by atoms with Gasteiger partial charge in [0.2, 0.25) is 0 Å². The van der Waals surface area contributed by atoms with Crippen molar-refractivity contribution in [3.8, 4) is 0 Å². The first kappa shape index (κ1) is 13.0. The van der Waals surface area contributed by atoms with Gasteiger partial charge < -0.3 is 0 Å². The molecule has 7 heteroatoms. The molecule has 0 aliphatic heterocycles. The molecule has 0 spiro atoms. The van der Waals surface area contributed by atoms with Crippen molar-refractivity contribution in [2.75, 3.05) is 0 Å². The molecule has 0 atom stereocenters. The molecule has 4 nitrogen and oxygen atoms in total. The van der Waals surface area contributed by atoms with Crippen LogP contribution in [0.2, 0.25) is 0 Å². The van der Waals surface area contributed by atoms with E-state index >= 15 is 0 Å². The zero-order valence-electron chi connectivity index (χ0n) is 10.6. The molecular weight excluding hydrogens is 323 g/mol. The van der Waals surface area contributed by atoms with Crippen molar-refractivity contribution in [3.05, 3.63) is 67.9 Å². The van der Waals surface area contributed by atoms with Gasteiger partial charge in [-0.3, -0.25) is 18.3 Å². The molecule has 0 radical (unpaired) electrons. The summed E-state index contributed by atoms with van der Waals surface area (Å²) in [6.07, 6.45) is 0. The maximum atomic E-state index is 12.2. The van der Waals surface area contributed by atoms with Gasteiger partial charge in [0.1, 0.15) is 0 Å². The Labute approximate surface area is 128 Å². The first-order chi connectivity index (χ1) is 10.2. The van der Waals surface area contributed by atoms with Gasteiger partial charge in [0.25, 0.3) is 0 Å². The van der Waals surface area contributed by atoms with Crippen molar-refractivity contribution in [2.45, 2.75) is 0 Å². The van der Waals surface area contributed by atoms with E-state index in [1.54, 1.807) is 8.68 Å². The van der Waals surface area contributed by atoms with Gasteiger partial charge in [-0.05, 0) is 24.3 Å². The molecule has 2 aromatic carbocycles. The topological polar surface area (TPSA) is 44.0 Å². The normalized spacial score (nSPS) is 11.4. The third-order valence-electron chi connectivity index (χ3n) is 3.17. The average Bonchev–Trinajstić information content (AvgIpc) is 2.97. The molecule has 4 aromatic rings. The van der Waals surface area contributed by atoms with Crippen LogP contribution in [0.4, 0.5) is 0 Å². The average molecular weight is 332 g/mol. The highest BCUT2D eigenvalue weighted by molar-refractivity contribution is 7.37. The molecule has 0 aliphatic rings. The lowest BCUT2D eigenvalue weighted by Gasteiger charge is -2.05. The van der Waals surface area contributed by atoms with E-state index in [0.29, 0.717) is 0 Å². The van der Waals surface area contributed by atoms with Gasteiger partial charge in [-0.2, -0.15) is 0 Å². The van der Waals surface area contributed by atoms with Crippen LogP contribution in [0.1, 0.15) is 0 Å². The summed E-state index contributed by atoms with van der Waals surface area (Å²) in [4.78, 5) is 24.3. The van der Waals surface area contributed by atoms with E-state index in [1.807, 2.05) is 48.5 Å². The van der Waals surface area contributed by atoms with Crippen LogP contribution in [0.5, 0.6) is 0 Å². The summed E-state index contributed by atoms with van der Waals surface area (Å²) in [5.41, 5.74) is 1.76. The van der Waals surface area contributed by atoms with Crippen LogP contribution in [0.3, 0.4) is 0 Å². The molecular formula is C14H9N2O2PS2. The first-order valence-corrected chi connectivity index (χ1v) is 8.75. The van der Waals surface area contributed by atoms with Crippen LogP contribution in [0.25, 0.3) is 20.4 Å². The minimum absolute atomic E-state index is 0.0308. The van der Waals surface area contributed by atoms with Crippen LogP contribution in [0.15, 0.2) is 58.1 Å². The molecule has 0 N–H and O–H groups in total. The fraction of sp³-hybridized carbons (Fsp3) is 0. The molecule has 104 valence electrons. The van der Waals surface area contributed by atoms with Crippen molar-refractivity contribution >= 4 is 52.0 Å². The van der Waals surface area contributed by atoms with Gasteiger partial charge in [-0.1, -0.05) is 46.9 Å². The quantitative estimate of drug-likeness (QED) is 0.529. The number of hydrogen-bond donors (Lipinski definition) is 0. The van der Waals surface area contributed by atoms with Gasteiger partial charge in [0, 0.05) is 0 Å². The van der Waals surface area contributed by atoms with E-state index in [9.17, 15) is 9.59 Å². The molecule has 0 unspecified atom stereocenters. The second-order valence-electron chi connectivity index (χ2n) is 4.44. The summed E-state index contributed by atoms with van der Waals surface area (Å²) in [5, 5.41) is 0. The number of aromatic nitrogens is 2. The van der Waals surface area contributed by atoms with Crippen LogP contribution >= 0.6 is 31.6 Å². The van der Waals surface area contributed by atoms with Gasteiger partial charge in [0.05, 0.1) is 29.3 Å². The van der Waals surface area contributed by atoms with Crippen molar-refractivity contribution < 1.29 is 0 Å². The predicted octanol–water partition coefficient (Wildman–Crippen LogP) is 3.34. The second-order valence-corrected chi connectivity index (χ2v) is 7.52. The highest BCUT2D eigenvalue weighted by Gasteiger charge is 2.12. The maximum Gasteiger partial charge on any atom is 0.312 e. The zero-order chi connectivity index (χ0) is 14.4. The van der Waals surface area contributed by atoms with Gasteiger partial charge in [0.15, 0.2) is 0 Å². The number of hydrogen-bond acceptors (Lipinski definition) is 4. The van der Waals surface area contributed by atoms with Crippen LogP contribution in [-0.2, 0) is 0 Å². The van der Waals surface area contributed by atoms with Gasteiger partial charge in [-0.15, -0.1) is 0 Å². The molecule has 21 heavy (non-hydrogen) atoms. The van der Waals surface area contributed by atoms with E-state index in [4.69, 9.17) is 0 Å². The molecule has 0 bridgehead atoms. The summed E-state index contributed by atoms with van der Waals surface area (Å²) in [6.45, 7) is 0. The number of para-hydroxylation sites is 2. The SMILES string of the molecule is O=c1sc2ccccc2n1Pn1c(=O)sc2ccccc21. The lowest BCUT2D eigenvalue weighted by Crippen LogP contribution is -2.12. The number of thiazole rings is 2. The van der Waals surface area contributed by atoms with Crippen molar-refractivity contribution in [1.29, 1.82) is 0 Å². The van der Waals surface area contributed by atoms with Crippen LogP contribution in [-0.4, -0.2) is 8.68 Å². The molecule has 0 saturated carbocycles. The highest BCUT2D eigenvalue weighted by atomic mass is 32.1. The third-order valence-corrected chi connectivity index (χ3v) is 6.63. The lowest BCUT2D eigenvalue weighted by molar-refractivity contribution is 1.18. The maximum absolute atomic E-state index is 12.2. The van der Waals surface area contributed by atoms with Crippen molar-refractivity contribution in [1.82, 2.24) is 8.68 Å². The Hall–Kier alpha value is -1.75. The largest absolute Gasteiger partial charge is 0.312 e. The predicted molar refractivity (Wildman–Crippen MR) is 91.3 cm³/mol. The summed E-state index contributed by atoms with van der Waals surface area (Å²) in [6, 6.07) is 15.3. The monoisotopic (exact) mass is 332 g/mol. The smallest absolute Gasteiger partial charge is 0.261 e. The summed E-state index contributed by atoms with van der Waals surface area (Å²) in [5.74, 6) is 0. The first-order valence-electron chi connectivity index (χ1n) is 6.22. The molecule has 2 aromatic heterocycles. The summed E-state index contributed by atoms with van der Waals surface area (Å²) >= 11 is 2.43. The molecule has 0 fully saturated rings. The molecule has 4 rings (SSSR count). The molecule has 0 saturated heterocycles. The number of fused-ring (bicyclic) bond motifs is 2. The number of rotatable bonds is 2. The summed E-state index contributed by atoms with van der Waals surface area (Å²) < 4.78 is 5.26. The minimum Gasteiger partial charge on any atom is -0.261 e. The van der Waals surface area contributed by atoms with E-state index in [2.05, 4.69) is 0 Å². The van der Waals surface area contributed by atoms with Gasteiger partial charge >= 0.3 is 9.75 Å². The Morgan fingerprint density at radius 3 is 1.62 bits per heavy atom. The fourth-order valence-electron chi connectivity index (χ4n) is 2.22. The number of nitrogens with zero attached hydrogens (tertiary/aromatic N) is 2. The van der Waals surface area contributed by atoms with Gasteiger partial charge in [-0.25, -0.2) is 0 Å². The minimum atomic E-state index is -0.0399. The van der Waals surface area contributed by atoms with E-state index in [0.717, 1.165) is 20.4 Å². The van der Waals surface area contributed by atoms with E-state index in [1.165, 1.54) is 22.7 Å². The Balaban J connectivity index is 1.95. The third kappa shape index (κ3) is 2.07. The standard InChI is InChI=1S/C14H9N2O2PS2/c17-13-15(9-5-1-3-7-11(9)20-13)19-16-10-6-2-4-8-12(10)21-14(16)18/h1-8,19H. The summed E-state index contributed by atoms with van der Waals surface area (Å²) in [7, 11) is -0.0399. The van der Waals surface area contributed by atoms with Crippen molar-refractivity contribution in [2.24, 2.45) is 0 Å². The molecule has 0 amide bonds. The Morgan fingerprint density at radius 2 is 1.14 bits per heavy atom. The molecule has 2 heterocycles. The Morgan fingerprint density at radius 1 is 0.714 bits per heavy atom. The number of benzene rings is 2.